The monoisotopic (exact) mass is 333 g/mol. The average Bonchev–Trinajstić information content (AvgIpc) is 2.58. The number of nitrogens with two attached hydrogens (primary N) is 1. The molecular formula is C19H28FN3O. The molecule has 2 aliphatic rings. The molecule has 5 heteroatoms. The van der Waals surface area contributed by atoms with Gasteiger partial charge in [0.15, 0.2) is 0 Å². The maximum Gasteiger partial charge on any atom is 0.221 e. The topological polar surface area (TPSA) is 58.4 Å². The van der Waals surface area contributed by atoms with Crippen LogP contribution in [0.2, 0.25) is 0 Å². The second-order valence-corrected chi connectivity index (χ2v) is 7.14. The minimum atomic E-state index is -0.163. The van der Waals surface area contributed by atoms with Crippen molar-refractivity contribution in [3.8, 4) is 0 Å². The molecule has 132 valence electrons. The number of aryl methyl sites for hydroxylation is 1. The molecule has 1 saturated heterocycles. The highest BCUT2D eigenvalue weighted by atomic mass is 19.1. The van der Waals surface area contributed by atoms with Crippen LogP contribution < -0.4 is 11.1 Å². The Balaban J connectivity index is 1.44. The molecule has 1 aromatic carbocycles. The van der Waals surface area contributed by atoms with Gasteiger partial charge in [-0.2, -0.15) is 0 Å². The lowest BCUT2D eigenvalue weighted by atomic mass is 9.87. The number of primary amides is 1. The largest absolute Gasteiger partial charge is 0.369 e. The molecule has 0 unspecified atom stereocenters. The van der Waals surface area contributed by atoms with Crippen LogP contribution in [-0.4, -0.2) is 37.0 Å². The van der Waals surface area contributed by atoms with Crippen LogP contribution in [0.4, 0.5) is 4.39 Å². The molecule has 3 rings (SSSR count). The first kappa shape index (κ1) is 17.4. The summed E-state index contributed by atoms with van der Waals surface area (Å²) in [6, 6.07) is 5.52. The number of benzene rings is 1. The zero-order chi connectivity index (χ0) is 16.9. The highest BCUT2D eigenvalue weighted by molar-refractivity contribution is 5.76. The van der Waals surface area contributed by atoms with Crippen molar-refractivity contribution >= 4 is 5.91 Å². The van der Waals surface area contributed by atoms with Crippen molar-refractivity contribution in [2.45, 2.75) is 44.6 Å². The molecule has 0 saturated carbocycles. The minimum absolute atomic E-state index is 0.0202. The van der Waals surface area contributed by atoms with Crippen LogP contribution in [0, 0.1) is 11.7 Å². The van der Waals surface area contributed by atoms with Crippen molar-refractivity contribution in [3.63, 3.8) is 0 Å². The molecule has 0 spiro atoms. The summed E-state index contributed by atoms with van der Waals surface area (Å²) < 4.78 is 13.4. The van der Waals surface area contributed by atoms with E-state index < -0.39 is 0 Å². The van der Waals surface area contributed by atoms with Gasteiger partial charge in [0.05, 0.1) is 5.92 Å². The Kier molecular flexibility index (Phi) is 5.85. The van der Waals surface area contributed by atoms with Gasteiger partial charge in [0.1, 0.15) is 5.82 Å². The van der Waals surface area contributed by atoms with E-state index >= 15 is 0 Å². The van der Waals surface area contributed by atoms with Gasteiger partial charge in [0, 0.05) is 12.6 Å². The predicted molar refractivity (Wildman–Crippen MR) is 93.1 cm³/mol. The van der Waals surface area contributed by atoms with Crippen molar-refractivity contribution in [2.75, 3.05) is 26.2 Å². The van der Waals surface area contributed by atoms with Crippen LogP contribution in [0.25, 0.3) is 0 Å². The predicted octanol–water partition coefficient (Wildman–Crippen LogP) is 2.38. The molecule has 1 aliphatic carbocycles. The summed E-state index contributed by atoms with van der Waals surface area (Å²) in [6.45, 7) is 3.81. The van der Waals surface area contributed by atoms with Gasteiger partial charge >= 0.3 is 0 Å². The number of rotatable bonds is 6. The third kappa shape index (κ3) is 4.33. The quantitative estimate of drug-likeness (QED) is 0.786. The maximum atomic E-state index is 13.4. The lowest BCUT2D eigenvalue weighted by molar-refractivity contribution is -0.123. The summed E-state index contributed by atoms with van der Waals surface area (Å²) in [5.41, 5.74) is 7.84. The molecule has 2 atom stereocenters. The third-order valence-corrected chi connectivity index (χ3v) is 5.37. The summed E-state index contributed by atoms with van der Waals surface area (Å²) >= 11 is 0. The van der Waals surface area contributed by atoms with E-state index in [-0.39, 0.29) is 17.6 Å². The van der Waals surface area contributed by atoms with E-state index in [4.69, 9.17) is 5.73 Å². The van der Waals surface area contributed by atoms with Gasteiger partial charge in [0.25, 0.3) is 0 Å². The number of nitrogens with one attached hydrogen (secondary N) is 1. The van der Waals surface area contributed by atoms with Gasteiger partial charge in [-0.1, -0.05) is 6.07 Å². The number of hydrogen-bond acceptors (Lipinski definition) is 3. The Labute approximate surface area is 143 Å². The van der Waals surface area contributed by atoms with E-state index in [1.807, 2.05) is 6.07 Å². The number of nitrogens with zero attached hydrogens (tertiary/aromatic N) is 1. The van der Waals surface area contributed by atoms with Crippen LogP contribution in [0.1, 0.15) is 49.3 Å². The van der Waals surface area contributed by atoms with Crippen molar-refractivity contribution in [3.05, 3.63) is 35.1 Å². The Morgan fingerprint density at radius 1 is 1.33 bits per heavy atom. The summed E-state index contributed by atoms with van der Waals surface area (Å²) in [4.78, 5) is 13.7. The number of fused-ring (bicyclic) bond motifs is 1. The van der Waals surface area contributed by atoms with Crippen molar-refractivity contribution in [1.82, 2.24) is 10.2 Å². The summed E-state index contributed by atoms with van der Waals surface area (Å²) in [6.07, 6.45) is 6.25. The Hall–Kier alpha value is -1.46. The van der Waals surface area contributed by atoms with Crippen LogP contribution in [-0.2, 0) is 11.2 Å². The molecule has 4 nitrogen and oxygen atoms in total. The summed E-state index contributed by atoms with van der Waals surface area (Å²) in [5, 5.41) is 3.63. The first-order valence-electron chi connectivity index (χ1n) is 9.17. The number of carbonyl (C=O) groups excluding carboxylic acids is 1. The molecule has 1 aromatic rings. The van der Waals surface area contributed by atoms with Gasteiger partial charge in [-0.25, -0.2) is 4.39 Å². The normalized spacial score (nSPS) is 24.5. The fourth-order valence-corrected chi connectivity index (χ4v) is 4.06. The standard InChI is InChI=1S/C19H28FN3O/c20-16-7-8-17-14(12-16)4-1-6-18(17)22-9-3-11-23-10-2-5-15(13-23)19(21)24/h7-8,12,15,18,22H,1-6,9-11,13H2,(H2,21,24)/t15-,18-/m1/s1. The molecule has 0 bridgehead atoms. The first-order chi connectivity index (χ1) is 11.6. The smallest absolute Gasteiger partial charge is 0.221 e. The molecule has 1 fully saturated rings. The minimum Gasteiger partial charge on any atom is -0.369 e. The molecule has 0 radical (unpaired) electrons. The number of likely N-dealkylation sites (tertiary alicyclic amines) is 1. The molecule has 1 amide bonds. The molecule has 0 aromatic heterocycles. The zero-order valence-electron chi connectivity index (χ0n) is 14.3. The Morgan fingerprint density at radius 3 is 3.04 bits per heavy atom. The molecule has 24 heavy (non-hydrogen) atoms. The summed E-state index contributed by atoms with van der Waals surface area (Å²) in [7, 11) is 0. The van der Waals surface area contributed by atoms with Crippen molar-refractivity contribution in [1.29, 1.82) is 0 Å². The van der Waals surface area contributed by atoms with Gasteiger partial charge in [-0.3, -0.25) is 4.79 Å². The molecule has 3 N–H and O–H groups in total. The lowest BCUT2D eigenvalue weighted by Crippen LogP contribution is -2.42. The number of piperidine rings is 1. The SMILES string of the molecule is NC(=O)[C@@H]1CCCN(CCCN[C@@H]2CCCc3cc(F)ccc32)C1. The highest BCUT2D eigenvalue weighted by Gasteiger charge is 2.24. The Bertz CT molecular complexity index is 578. The van der Waals surface area contributed by atoms with Gasteiger partial charge < -0.3 is 16.0 Å². The van der Waals surface area contributed by atoms with Crippen molar-refractivity contribution < 1.29 is 9.18 Å². The van der Waals surface area contributed by atoms with Crippen LogP contribution in [0.15, 0.2) is 18.2 Å². The van der Waals surface area contributed by atoms with Gasteiger partial charge in [-0.05, 0) is 81.4 Å². The van der Waals surface area contributed by atoms with E-state index in [1.165, 1.54) is 5.56 Å². The van der Waals surface area contributed by atoms with Gasteiger partial charge in [0.2, 0.25) is 5.91 Å². The van der Waals surface area contributed by atoms with E-state index in [2.05, 4.69) is 10.2 Å². The van der Waals surface area contributed by atoms with E-state index in [0.29, 0.717) is 6.04 Å². The first-order valence-corrected chi connectivity index (χ1v) is 9.17. The van der Waals surface area contributed by atoms with Crippen molar-refractivity contribution in [2.24, 2.45) is 11.7 Å². The van der Waals surface area contributed by atoms with Crippen LogP contribution in [0.5, 0.6) is 0 Å². The zero-order valence-corrected chi connectivity index (χ0v) is 14.3. The van der Waals surface area contributed by atoms with E-state index in [0.717, 1.165) is 70.3 Å². The number of hydrogen-bond donors (Lipinski definition) is 2. The molecule has 1 heterocycles. The number of carbonyl (C=O) groups is 1. The fraction of sp³-hybridized carbons (Fsp3) is 0.632. The second-order valence-electron chi connectivity index (χ2n) is 7.14. The van der Waals surface area contributed by atoms with Gasteiger partial charge in [-0.15, -0.1) is 0 Å². The fourth-order valence-electron chi connectivity index (χ4n) is 4.06. The second kappa shape index (κ2) is 8.08. The average molecular weight is 333 g/mol. The molecular weight excluding hydrogens is 305 g/mol. The third-order valence-electron chi connectivity index (χ3n) is 5.37. The van der Waals surface area contributed by atoms with E-state index in [1.54, 1.807) is 12.1 Å². The van der Waals surface area contributed by atoms with E-state index in [9.17, 15) is 9.18 Å². The highest BCUT2D eigenvalue weighted by Crippen LogP contribution is 2.30. The lowest BCUT2D eigenvalue weighted by Gasteiger charge is -2.31. The maximum absolute atomic E-state index is 13.4. The summed E-state index contributed by atoms with van der Waals surface area (Å²) in [5.74, 6) is -0.279. The Morgan fingerprint density at radius 2 is 2.21 bits per heavy atom. The molecule has 1 aliphatic heterocycles. The number of amides is 1. The van der Waals surface area contributed by atoms with Crippen LogP contribution >= 0.6 is 0 Å². The van der Waals surface area contributed by atoms with Crippen LogP contribution in [0.3, 0.4) is 0 Å². The number of halogens is 1.